The molecule has 3 N–H and O–H groups in total. The van der Waals surface area contributed by atoms with E-state index in [0.29, 0.717) is 23.9 Å². The Hall–Kier alpha value is -1.43. The number of urea groups is 1. The first kappa shape index (κ1) is 14.5. The number of carbonyl (C=O) groups is 2. The summed E-state index contributed by atoms with van der Waals surface area (Å²) in [5.41, 5.74) is 5.43. The third kappa shape index (κ3) is 3.10. The summed E-state index contributed by atoms with van der Waals surface area (Å²) in [4.78, 5) is 25.4. The first-order valence-electron chi connectivity index (χ1n) is 6.67. The molecule has 0 spiro atoms. The number of nitrogens with one attached hydrogen (secondary N) is 2. The highest BCUT2D eigenvalue weighted by molar-refractivity contribution is 7.80. The molecule has 0 unspecified atom stereocenters. The lowest BCUT2D eigenvalue weighted by atomic mass is 10.0. The second-order valence-electron chi connectivity index (χ2n) is 5.42. The van der Waals surface area contributed by atoms with Gasteiger partial charge in [-0.3, -0.25) is 14.8 Å². The molecule has 1 saturated carbocycles. The molecule has 2 aliphatic heterocycles. The van der Waals surface area contributed by atoms with Crippen LogP contribution in [-0.2, 0) is 19.5 Å². The SMILES string of the molecule is O=C(NNC1CC1)[C@H]1CC[C@H]2CN1C(=O)N2OS(=O)(=O)O. The zero-order valence-corrected chi connectivity index (χ0v) is 11.9. The molecule has 0 aromatic heterocycles. The second kappa shape index (κ2) is 5.09. The minimum absolute atomic E-state index is 0.190. The van der Waals surface area contributed by atoms with Crippen molar-refractivity contribution in [1.82, 2.24) is 20.8 Å². The molecule has 3 rings (SSSR count). The number of hydrazine groups is 1. The van der Waals surface area contributed by atoms with Crippen molar-refractivity contribution in [3.05, 3.63) is 0 Å². The molecule has 3 amide bonds. The van der Waals surface area contributed by atoms with Crippen molar-refractivity contribution < 1.29 is 26.8 Å². The van der Waals surface area contributed by atoms with Crippen LogP contribution < -0.4 is 10.9 Å². The van der Waals surface area contributed by atoms with Crippen LogP contribution in [-0.4, -0.2) is 59.5 Å². The van der Waals surface area contributed by atoms with Crippen LogP contribution >= 0.6 is 0 Å². The van der Waals surface area contributed by atoms with Crippen molar-refractivity contribution >= 4 is 22.3 Å². The molecular weight excluding hydrogens is 304 g/mol. The lowest BCUT2D eigenvalue weighted by Gasteiger charge is -2.29. The number of hydroxylamine groups is 2. The van der Waals surface area contributed by atoms with E-state index in [0.717, 1.165) is 12.8 Å². The van der Waals surface area contributed by atoms with Crippen molar-refractivity contribution in [2.24, 2.45) is 0 Å². The molecule has 1 aliphatic carbocycles. The van der Waals surface area contributed by atoms with Crippen molar-refractivity contribution in [3.8, 4) is 0 Å². The highest BCUT2D eigenvalue weighted by atomic mass is 32.3. The Bertz CT molecular complexity index is 562. The molecule has 0 aromatic carbocycles. The Labute approximate surface area is 121 Å². The number of nitrogens with zero attached hydrogens (tertiary/aromatic N) is 2. The highest BCUT2D eigenvalue weighted by Crippen LogP contribution is 2.30. The maximum absolute atomic E-state index is 12.1. The van der Waals surface area contributed by atoms with Crippen molar-refractivity contribution in [2.45, 2.75) is 43.8 Å². The summed E-state index contributed by atoms with van der Waals surface area (Å²) < 4.78 is 34.5. The summed E-state index contributed by atoms with van der Waals surface area (Å²) in [7, 11) is -4.76. The molecule has 0 aromatic rings. The molecule has 3 aliphatic rings. The number of fused-ring (bicyclic) bond motifs is 2. The smallest absolute Gasteiger partial charge is 0.309 e. The number of hydrogen-bond donors (Lipinski definition) is 3. The van der Waals surface area contributed by atoms with Gasteiger partial charge in [0.1, 0.15) is 6.04 Å². The molecule has 2 heterocycles. The van der Waals surface area contributed by atoms with Gasteiger partial charge in [0, 0.05) is 12.6 Å². The molecule has 2 atom stereocenters. The minimum Gasteiger partial charge on any atom is -0.309 e. The third-order valence-corrected chi connectivity index (χ3v) is 4.13. The average Bonchev–Trinajstić information content (AvgIpc) is 3.20. The van der Waals surface area contributed by atoms with Crippen LogP contribution in [0.1, 0.15) is 25.7 Å². The Morgan fingerprint density at radius 2 is 2.00 bits per heavy atom. The Morgan fingerprint density at radius 1 is 1.29 bits per heavy atom. The normalized spacial score (nSPS) is 28.9. The van der Waals surface area contributed by atoms with Crippen LogP contribution in [0.4, 0.5) is 4.79 Å². The summed E-state index contributed by atoms with van der Waals surface area (Å²) in [5, 5.41) is 0.622. The third-order valence-electron chi connectivity index (χ3n) is 3.78. The van der Waals surface area contributed by atoms with E-state index in [1.54, 1.807) is 0 Å². The second-order valence-corrected chi connectivity index (χ2v) is 6.42. The van der Waals surface area contributed by atoms with Gasteiger partial charge in [-0.15, -0.1) is 4.28 Å². The molecule has 10 nitrogen and oxygen atoms in total. The predicted octanol–water partition coefficient (Wildman–Crippen LogP) is -1.23. The number of piperidine rings is 1. The van der Waals surface area contributed by atoms with Crippen LogP contribution in [0.5, 0.6) is 0 Å². The van der Waals surface area contributed by atoms with Gasteiger partial charge in [0.25, 0.3) is 5.91 Å². The van der Waals surface area contributed by atoms with Crippen LogP contribution in [0.25, 0.3) is 0 Å². The van der Waals surface area contributed by atoms with Gasteiger partial charge in [-0.2, -0.15) is 13.5 Å². The fraction of sp³-hybridized carbons (Fsp3) is 0.800. The lowest BCUT2D eigenvalue weighted by Crippen LogP contribution is -2.53. The molecule has 3 fully saturated rings. The van der Waals surface area contributed by atoms with Crippen LogP contribution in [0, 0.1) is 0 Å². The monoisotopic (exact) mass is 320 g/mol. The molecule has 11 heteroatoms. The van der Waals surface area contributed by atoms with Gasteiger partial charge >= 0.3 is 16.4 Å². The molecule has 118 valence electrons. The van der Waals surface area contributed by atoms with Crippen molar-refractivity contribution in [2.75, 3.05) is 6.54 Å². The van der Waals surface area contributed by atoms with Gasteiger partial charge in [-0.25, -0.2) is 10.2 Å². The number of hydrogen-bond acceptors (Lipinski definition) is 6. The molecule has 2 bridgehead atoms. The van der Waals surface area contributed by atoms with Gasteiger partial charge in [0.15, 0.2) is 0 Å². The zero-order chi connectivity index (χ0) is 15.2. The Balaban J connectivity index is 1.65. The Morgan fingerprint density at radius 3 is 2.62 bits per heavy atom. The molecule has 21 heavy (non-hydrogen) atoms. The van der Waals surface area contributed by atoms with Gasteiger partial charge in [-0.05, 0) is 25.7 Å². The number of amides is 3. The van der Waals surface area contributed by atoms with Crippen LogP contribution in [0.2, 0.25) is 0 Å². The van der Waals surface area contributed by atoms with E-state index >= 15 is 0 Å². The van der Waals surface area contributed by atoms with Crippen LogP contribution in [0.3, 0.4) is 0 Å². The quantitative estimate of drug-likeness (QED) is 0.427. The van der Waals surface area contributed by atoms with Gasteiger partial charge in [0.05, 0.1) is 6.04 Å². The van der Waals surface area contributed by atoms with E-state index in [1.165, 1.54) is 4.90 Å². The van der Waals surface area contributed by atoms with E-state index in [9.17, 15) is 18.0 Å². The Kier molecular flexibility index (Phi) is 3.51. The predicted molar refractivity (Wildman–Crippen MR) is 67.7 cm³/mol. The summed E-state index contributed by atoms with van der Waals surface area (Å²) in [6, 6.07) is -1.60. The highest BCUT2D eigenvalue weighted by Gasteiger charge is 2.49. The summed E-state index contributed by atoms with van der Waals surface area (Å²) in [5.74, 6) is -0.331. The van der Waals surface area contributed by atoms with Crippen molar-refractivity contribution in [3.63, 3.8) is 0 Å². The van der Waals surface area contributed by atoms with E-state index in [1.807, 2.05) is 0 Å². The van der Waals surface area contributed by atoms with E-state index in [4.69, 9.17) is 4.55 Å². The lowest BCUT2D eigenvalue weighted by molar-refractivity contribution is -0.127. The van der Waals surface area contributed by atoms with E-state index in [-0.39, 0.29) is 12.5 Å². The maximum atomic E-state index is 12.1. The van der Waals surface area contributed by atoms with Gasteiger partial charge in [-0.1, -0.05) is 0 Å². The standard InChI is InChI=1S/C10H16N4O6S/c15-9(12-11-6-1-2-6)8-4-3-7-5-13(8)10(16)14(7)20-21(17,18)19/h6-8,11H,1-5H2,(H,12,15)(H,17,18,19)/t7-,8+/m0/s1. The fourth-order valence-electron chi connectivity index (χ4n) is 2.59. The minimum atomic E-state index is -4.76. The summed E-state index contributed by atoms with van der Waals surface area (Å²) in [6.07, 6.45) is 2.83. The first-order valence-corrected chi connectivity index (χ1v) is 8.04. The number of carbonyl (C=O) groups excluding carboxylic acids is 2. The van der Waals surface area contributed by atoms with Crippen molar-refractivity contribution in [1.29, 1.82) is 0 Å². The van der Waals surface area contributed by atoms with Crippen LogP contribution in [0.15, 0.2) is 0 Å². The topological polar surface area (TPSA) is 128 Å². The maximum Gasteiger partial charge on any atom is 0.418 e. The zero-order valence-electron chi connectivity index (χ0n) is 11.1. The van der Waals surface area contributed by atoms with Gasteiger partial charge in [0.2, 0.25) is 0 Å². The molecular formula is C10H16N4O6S. The fourth-order valence-corrected chi connectivity index (χ4v) is 2.98. The largest absolute Gasteiger partial charge is 0.418 e. The number of rotatable bonds is 5. The average molecular weight is 320 g/mol. The molecule has 2 saturated heterocycles. The molecule has 0 radical (unpaired) electrons. The van der Waals surface area contributed by atoms with E-state index in [2.05, 4.69) is 15.1 Å². The summed E-state index contributed by atoms with van der Waals surface area (Å²) >= 11 is 0. The summed E-state index contributed by atoms with van der Waals surface area (Å²) in [6.45, 7) is 0.190. The van der Waals surface area contributed by atoms with Gasteiger partial charge < -0.3 is 4.90 Å². The first-order chi connectivity index (χ1) is 9.85. The van der Waals surface area contributed by atoms with E-state index < -0.39 is 28.5 Å².